The van der Waals surface area contributed by atoms with E-state index in [2.05, 4.69) is 52.9 Å². The number of nitrogens with one attached hydrogen (secondary N) is 3. The van der Waals surface area contributed by atoms with Gasteiger partial charge in [-0.05, 0) is 44.4 Å². The molecular weight excluding hydrogens is 469 g/mol. The summed E-state index contributed by atoms with van der Waals surface area (Å²) in [5.74, 6) is 1.65. The molecule has 1 unspecified atom stereocenters. The Bertz CT molecular complexity index is 730. The molecule has 0 amide bonds. The number of aryl methyl sites for hydroxylation is 1. The Morgan fingerprint density at radius 1 is 1.36 bits per heavy atom. The number of rotatable bonds is 8. The van der Waals surface area contributed by atoms with Crippen molar-refractivity contribution in [3.05, 3.63) is 47.3 Å². The summed E-state index contributed by atoms with van der Waals surface area (Å²) in [5.41, 5.74) is 3.25. The van der Waals surface area contributed by atoms with Crippen molar-refractivity contribution in [2.75, 3.05) is 19.8 Å². The smallest absolute Gasteiger partial charge is 0.191 e. The van der Waals surface area contributed by atoms with E-state index >= 15 is 0 Å². The van der Waals surface area contributed by atoms with E-state index < -0.39 is 0 Å². The van der Waals surface area contributed by atoms with Crippen molar-refractivity contribution >= 4 is 29.9 Å². The molecule has 1 aromatic carbocycles. The lowest BCUT2D eigenvalue weighted by molar-refractivity contribution is 0.0676. The van der Waals surface area contributed by atoms with Gasteiger partial charge in [0.1, 0.15) is 12.4 Å². The number of halogens is 1. The van der Waals surface area contributed by atoms with Crippen LogP contribution in [-0.2, 0) is 17.8 Å². The van der Waals surface area contributed by atoms with E-state index in [0.717, 1.165) is 49.0 Å². The van der Waals surface area contributed by atoms with Gasteiger partial charge < -0.3 is 20.1 Å². The Morgan fingerprint density at radius 2 is 2.25 bits per heavy atom. The van der Waals surface area contributed by atoms with E-state index in [1.165, 1.54) is 5.56 Å². The highest BCUT2D eigenvalue weighted by molar-refractivity contribution is 14.0. The number of hydrogen-bond acceptors (Lipinski definition) is 4. The number of nitrogens with zero attached hydrogens (tertiary/aromatic N) is 2. The van der Waals surface area contributed by atoms with Gasteiger partial charge in [-0.15, -0.1) is 24.0 Å². The van der Waals surface area contributed by atoms with Crippen molar-refractivity contribution in [3.8, 4) is 5.75 Å². The largest absolute Gasteiger partial charge is 0.491 e. The molecule has 154 valence electrons. The van der Waals surface area contributed by atoms with E-state index in [-0.39, 0.29) is 30.1 Å². The van der Waals surface area contributed by atoms with Gasteiger partial charge in [0.05, 0.1) is 24.9 Å². The van der Waals surface area contributed by atoms with Crippen LogP contribution >= 0.6 is 24.0 Å². The Balaban J connectivity index is 0.00000280. The van der Waals surface area contributed by atoms with Crippen LogP contribution in [0.25, 0.3) is 0 Å². The topological polar surface area (TPSA) is 83.6 Å². The zero-order chi connectivity index (χ0) is 18.9. The number of ether oxygens (including phenoxy) is 2. The van der Waals surface area contributed by atoms with E-state index in [9.17, 15) is 0 Å². The third-order valence-electron chi connectivity index (χ3n) is 4.43. The summed E-state index contributed by atoms with van der Waals surface area (Å²) in [6.07, 6.45) is 4.13. The lowest BCUT2D eigenvalue weighted by Gasteiger charge is -2.15. The maximum Gasteiger partial charge on any atom is 0.191 e. The van der Waals surface area contributed by atoms with Crippen LogP contribution in [-0.4, -0.2) is 42.0 Å². The molecule has 0 spiro atoms. The van der Waals surface area contributed by atoms with Crippen molar-refractivity contribution in [2.24, 2.45) is 4.99 Å². The molecule has 1 atom stereocenters. The maximum atomic E-state index is 6.06. The first-order valence-electron chi connectivity index (χ1n) is 9.59. The summed E-state index contributed by atoms with van der Waals surface area (Å²) in [5, 5.41) is 13.5. The number of guanidine groups is 1. The van der Waals surface area contributed by atoms with Crippen molar-refractivity contribution in [1.82, 2.24) is 20.8 Å². The van der Waals surface area contributed by atoms with E-state index in [4.69, 9.17) is 14.5 Å². The van der Waals surface area contributed by atoms with Crippen molar-refractivity contribution < 1.29 is 9.47 Å². The molecule has 8 heteroatoms. The fourth-order valence-electron chi connectivity index (χ4n) is 2.95. The third kappa shape index (κ3) is 6.97. The van der Waals surface area contributed by atoms with Gasteiger partial charge in [-0.1, -0.05) is 12.1 Å². The lowest BCUT2D eigenvalue weighted by Crippen LogP contribution is -2.36. The lowest BCUT2D eigenvalue weighted by atomic mass is 10.1. The Labute approximate surface area is 183 Å². The molecule has 1 aliphatic heterocycles. The van der Waals surface area contributed by atoms with Gasteiger partial charge in [0.2, 0.25) is 0 Å². The van der Waals surface area contributed by atoms with Crippen LogP contribution in [0.15, 0.2) is 35.5 Å². The van der Waals surface area contributed by atoms with Gasteiger partial charge in [-0.25, -0.2) is 4.99 Å². The molecule has 3 N–H and O–H groups in total. The molecule has 1 saturated heterocycles. The standard InChI is InChI=1S/C20H29N5O2.HI/c1-3-21-20(23-13-17-8-9-24-25-17)22-12-16-7-6-15(2)11-19(16)27-14-18-5-4-10-26-18;/h6-9,11,18H,3-5,10,12-14H2,1-2H3,(H,24,25)(H2,21,22,23);1H. The van der Waals surface area contributed by atoms with Gasteiger partial charge >= 0.3 is 0 Å². The highest BCUT2D eigenvalue weighted by atomic mass is 127. The quantitative estimate of drug-likeness (QED) is 0.295. The Hall–Kier alpha value is -1.81. The maximum absolute atomic E-state index is 6.06. The molecule has 1 aromatic heterocycles. The van der Waals surface area contributed by atoms with E-state index in [1.807, 2.05) is 6.07 Å². The predicted octanol–water partition coefficient (Wildman–Crippen LogP) is 3.15. The summed E-state index contributed by atoms with van der Waals surface area (Å²) in [6, 6.07) is 8.19. The second-order valence-corrected chi connectivity index (χ2v) is 6.69. The SMILES string of the molecule is CCNC(=NCc1ccc(C)cc1OCC1CCCO1)NCc1ccn[nH]1.I. The predicted molar refractivity (Wildman–Crippen MR) is 121 cm³/mol. The van der Waals surface area contributed by atoms with Crippen LogP contribution in [0.1, 0.15) is 36.6 Å². The number of aliphatic imine (C=N–C) groups is 1. The second kappa shape index (κ2) is 11.9. The first-order valence-corrected chi connectivity index (χ1v) is 9.59. The summed E-state index contributed by atoms with van der Waals surface area (Å²) in [6.45, 7) is 7.54. The minimum Gasteiger partial charge on any atom is -0.491 e. The minimum absolute atomic E-state index is 0. The van der Waals surface area contributed by atoms with Crippen LogP contribution < -0.4 is 15.4 Å². The number of benzene rings is 1. The summed E-state index contributed by atoms with van der Waals surface area (Å²) in [7, 11) is 0. The molecule has 1 aliphatic rings. The van der Waals surface area contributed by atoms with Crippen molar-refractivity contribution in [3.63, 3.8) is 0 Å². The molecule has 0 saturated carbocycles. The summed E-state index contributed by atoms with van der Waals surface area (Å²) in [4.78, 5) is 4.70. The van der Waals surface area contributed by atoms with Crippen molar-refractivity contribution in [1.29, 1.82) is 0 Å². The monoisotopic (exact) mass is 499 g/mol. The first kappa shape index (κ1) is 22.5. The van der Waals surface area contributed by atoms with Gasteiger partial charge in [0.25, 0.3) is 0 Å². The average Bonchev–Trinajstić information content (AvgIpc) is 3.37. The Kier molecular flexibility index (Phi) is 9.56. The minimum atomic E-state index is 0. The van der Waals surface area contributed by atoms with Gasteiger partial charge in [-0.2, -0.15) is 5.10 Å². The molecule has 7 nitrogen and oxygen atoms in total. The summed E-state index contributed by atoms with van der Waals surface area (Å²) >= 11 is 0. The third-order valence-corrected chi connectivity index (χ3v) is 4.43. The summed E-state index contributed by atoms with van der Waals surface area (Å²) < 4.78 is 11.7. The Morgan fingerprint density at radius 3 is 2.96 bits per heavy atom. The number of hydrogen-bond donors (Lipinski definition) is 3. The zero-order valence-corrected chi connectivity index (χ0v) is 18.9. The average molecular weight is 499 g/mol. The zero-order valence-electron chi connectivity index (χ0n) is 16.5. The van der Waals surface area contributed by atoms with E-state index in [0.29, 0.717) is 19.7 Å². The molecule has 0 bridgehead atoms. The van der Waals surface area contributed by atoms with Crippen LogP contribution in [0.5, 0.6) is 5.75 Å². The van der Waals surface area contributed by atoms with Crippen molar-refractivity contribution in [2.45, 2.75) is 45.9 Å². The molecule has 2 aromatic rings. The van der Waals surface area contributed by atoms with E-state index in [1.54, 1.807) is 6.20 Å². The molecule has 1 fully saturated rings. The molecule has 0 aliphatic carbocycles. The van der Waals surface area contributed by atoms with Gasteiger partial charge in [0, 0.05) is 24.9 Å². The number of aromatic amines is 1. The molecule has 2 heterocycles. The molecule has 3 rings (SSSR count). The van der Waals surface area contributed by atoms with Crippen LogP contribution in [0, 0.1) is 6.92 Å². The fraction of sp³-hybridized carbons (Fsp3) is 0.500. The molecular formula is C20H30IN5O2. The fourth-order valence-corrected chi connectivity index (χ4v) is 2.95. The number of aromatic nitrogens is 2. The van der Waals surface area contributed by atoms with Crippen LogP contribution in [0.2, 0.25) is 0 Å². The molecule has 0 radical (unpaired) electrons. The molecule has 28 heavy (non-hydrogen) atoms. The van der Waals surface area contributed by atoms with Gasteiger partial charge in [0.15, 0.2) is 5.96 Å². The second-order valence-electron chi connectivity index (χ2n) is 6.69. The normalized spacial score (nSPS) is 16.5. The van der Waals surface area contributed by atoms with Crippen LogP contribution in [0.3, 0.4) is 0 Å². The highest BCUT2D eigenvalue weighted by Gasteiger charge is 2.17. The van der Waals surface area contributed by atoms with Gasteiger partial charge in [-0.3, -0.25) is 5.10 Å². The highest BCUT2D eigenvalue weighted by Crippen LogP contribution is 2.23. The first-order chi connectivity index (χ1) is 13.2. The van der Waals surface area contributed by atoms with Crippen LogP contribution in [0.4, 0.5) is 0 Å². The number of H-pyrrole nitrogens is 1.